The molecule has 1 aliphatic heterocycles. The largest absolute Gasteiger partial charge is 0.355 e. The number of alkyl halides is 1. The van der Waals surface area contributed by atoms with Gasteiger partial charge < -0.3 is 5.32 Å². The van der Waals surface area contributed by atoms with Gasteiger partial charge in [-0.25, -0.2) is 0 Å². The number of nitrogens with one attached hydrogen (secondary N) is 1. The van der Waals surface area contributed by atoms with Crippen LogP contribution in [0.2, 0.25) is 0 Å². The number of amides is 1. The first-order valence-corrected chi connectivity index (χ1v) is 8.28. The van der Waals surface area contributed by atoms with Crippen LogP contribution in [0, 0.1) is 0 Å². The van der Waals surface area contributed by atoms with Crippen LogP contribution in [-0.4, -0.2) is 28.3 Å². The Morgan fingerprint density at radius 3 is 2.75 bits per heavy atom. The number of hydrogen-bond donors (Lipinski definition) is 1. The van der Waals surface area contributed by atoms with Gasteiger partial charge in [0.05, 0.1) is 4.75 Å². The molecule has 1 unspecified atom stereocenters. The number of carbonyl (C=O) groups excluding carboxylic acids is 1. The summed E-state index contributed by atoms with van der Waals surface area (Å²) in [6.45, 7) is 2.92. The molecule has 2 nitrogen and oxygen atoms in total. The molecule has 1 saturated heterocycles. The third-order valence-electron chi connectivity index (χ3n) is 3.05. The second-order valence-electron chi connectivity index (χ2n) is 4.54. The summed E-state index contributed by atoms with van der Waals surface area (Å²) in [5.74, 6) is 1.38. The fourth-order valence-electron chi connectivity index (χ4n) is 1.92. The number of rotatable bonds is 7. The predicted molar refractivity (Wildman–Crippen MR) is 75.4 cm³/mol. The van der Waals surface area contributed by atoms with E-state index in [0.29, 0.717) is 0 Å². The fourth-order valence-corrected chi connectivity index (χ4v) is 3.55. The maximum absolute atomic E-state index is 11.9. The zero-order valence-corrected chi connectivity index (χ0v) is 12.5. The number of thioether (sulfide) groups is 1. The Morgan fingerprint density at radius 2 is 2.12 bits per heavy atom. The molecule has 1 N–H and O–H groups in total. The van der Waals surface area contributed by atoms with Crippen LogP contribution in [0.4, 0.5) is 0 Å². The van der Waals surface area contributed by atoms with Crippen molar-refractivity contribution < 1.29 is 4.79 Å². The molecule has 0 saturated carbocycles. The van der Waals surface area contributed by atoms with Crippen LogP contribution >= 0.6 is 27.7 Å². The van der Waals surface area contributed by atoms with Gasteiger partial charge in [0.25, 0.3) is 0 Å². The maximum Gasteiger partial charge on any atom is 0.235 e. The third-order valence-corrected chi connectivity index (χ3v) is 5.13. The topological polar surface area (TPSA) is 29.1 Å². The van der Waals surface area contributed by atoms with Crippen molar-refractivity contribution in [3.8, 4) is 0 Å². The molecule has 0 radical (unpaired) electrons. The average molecular weight is 308 g/mol. The molecule has 1 rings (SSSR count). The second-order valence-corrected chi connectivity index (χ2v) is 6.93. The fraction of sp³-hybridized carbons (Fsp3) is 0.917. The summed E-state index contributed by atoms with van der Waals surface area (Å²) < 4.78 is -0.143. The van der Waals surface area contributed by atoms with E-state index in [1.807, 2.05) is 0 Å². The summed E-state index contributed by atoms with van der Waals surface area (Å²) in [7, 11) is 0. The van der Waals surface area contributed by atoms with E-state index in [1.54, 1.807) is 11.8 Å². The first-order chi connectivity index (χ1) is 7.69. The van der Waals surface area contributed by atoms with E-state index in [1.165, 1.54) is 25.7 Å². The van der Waals surface area contributed by atoms with Gasteiger partial charge in [-0.2, -0.15) is 0 Å². The van der Waals surface area contributed by atoms with Gasteiger partial charge in [-0.1, -0.05) is 28.8 Å². The molecule has 0 aromatic heterocycles. The smallest absolute Gasteiger partial charge is 0.235 e. The van der Waals surface area contributed by atoms with Gasteiger partial charge in [0.2, 0.25) is 5.91 Å². The Balaban J connectivity index is 2.06. The van der Waals surface area contributed by atoms with Crippen molar-refractivity contribution in [3.63, 3.8) is 0 Å². The molecule has 0 aromatic rings. The SMILES string of the molecule is CC1(C(=O)NCCCCCCBr)CCCS1. The van der Waals surface area contributed by atoms with E-state index in [-0.39, 0.29) is 10.7 Å². The molecule has 4 heteroatoms. The molecule has 0 aromatic carbocycles. The van der Waals surface area contributed by atoms with Crippen molar-refractivity contribution in [1.82, 2.24) is 5.32 Å². The van der Waals surface area contributed by atoms with Crippen LogP contribution in [0.1, 0.15) is 45.4 Å². The number of carbonyl (C=O) groups is 1. The van der Waals surface area contributed by atoms with Gasteiger partial charge in [0.1, 0.15) is 0 Å². The van der Waals surface area contributed by atoms with Crippen molar-refractivity contribution in [2.75, 3.05) is 17.6 Å². The molecule has 1 amide bonds. The van der Waals surface area contributed by atoms with Gasteiger partial charge in [0, 0.05) is 11.9 Å². The highest BCUT2D eigenvalue weighted by atomic mass is 79.9. The van der Waals surface area contributed by atoms with E-state index in [9.17, 15) is 4.79 Å². The van der Waals surface area contributed by atoms with Crippen molar-refractivity contribution in [2.24, 2.45) is 0 Å². The molecule has 1 atom stereocenters. The Kier molecular flexibility index (Phi) is 6.81. The number of unbranched alkanes of at least 4 members (excludes halogenated alkanes) is 3. The van der Waals surface area contributed by atoms with E-state index in [0.717, 1.165) is 30.5 Å². The molecule has 16 heavy (non-hydrogen) atoms. The summed E-state index contributed by atoms with van der Waals surface area (Å²) in [6, 6.07) is 0. The number of halogens is 1. The highest BCUT2D eigenvalue weighted by Gasteiger charge is 2.36. The Bertz CT molecular complexity index is 217. The first kappa shape index (κ1) is 14.4. The highest BCUT2D eigenvalue weighted by molar-refractivity contribution is 9.09. The molecular formula is C12H22BrNOS. The minimum absolute atomic E-state index is 0.143. The van der Waals surface area contributed by atoms with Crippen LogP contribution in [0.15, 0.2) is 0 Å². The van der Waals surface area contributed by atoms with Gasteiger partial charge in [-0.15, -0.1) is 11.8 Å². The molecule has 1 fully saturated rings. The zero-order valence-electron chi connectivity index (χ0n) is 10.1. The van der Waals surface area contributed by atoms with E-state index < -0.39 is 0 Å². The zero-order chi connectivity index (χ0) is 11.9. The van der Waals surface area contributed by atoms with Crippen molar-refractivity contribution >= 4 is 33.6 Å². The molecule has 1 aliphatic rings. The lowest BCUT2D eigenvalue weighted by atomic mass is 10.0. The van der Waals surface area contributed by atoms with Crippen LogP contribution in [0.5, 0.6) is 0 Å². The molecular weight excluding hydrogens is 286 g/mol. The summed E-state index contributed by atoms with van der Waals surface area (Å²) in [5, 5.41) is 4.16. The van der Waals surface area contributed by atoms with Gasteiger partial charge in [-0.05, 0) is 38.4 Å². The maximum atomic E-state index is 11.9. The molecule has 1 heterocycles. The quantitative estimate of drug-likeness (QED) is 0.577. The minimum atomic E-state index is -0.143. The molecule has 0 aliphatic carbocycles. The second kappa shape index (κ2) is 7.59. The normalized spacial score (nSPS) is 24.6. The predicted octanol–water partition coefficient (Wildman–Crippen LogP) is 3.34. The van der Waals surface area contributed by atoms with Gasteiger partial charge >= 0.3 is 0 Å². The summed E-state index contributed by atoms with van der Waals surface area (Å²) in [4.78, 5) is 11.9. The lowest BCUT2D eigenvalue weighted by molar-refractivity contribution is -0.123. The molecule has 94 valence electrons. The Labute approximate surface area is 111 Å². The lowest BCUT2D eigenvalue weighted by Gasteiger charge is -2.21. The van der Waals surface area contributed by atoms with Crippen LogP contribution in [0.25, 0.3) is 0 Å². The van der Waals surface area contributed by atoms with Crippen molar-refractivity contribution in [3.05, 3.63) is 0 Å². The van der Waals surface area contributed by atoms with Crippen molar-refractivity contribution in [2.45, 2.75) is 50.2 Å². The average Bonchev–Trinajstić information content (AvgIpc) is 2.71. The van der Waals surface area contributed by atoms with Crippen LogP contribution < -0.4 is 5.32 Å². The standard InChI is InChI=1S/C12H22BrNOS/c1-12(7-6-10-16-12)11(15)14-9-5-3-2-4-8-13/h2-10H2,1H3,(H,14,15). The van der Waals surface area contributed by atoms with Crippen LogP contribution in [-0.2, 0) is 4.79 Å². The van der Waals surface area contributed by atoms with E-state index >= 15 is 0 Å². The van der Waals surface area contributed by atoms with Gasteiger partial charge in [0.15, 0.2) is 0 Å². The molecule has 0 bridgehead atoms. The van der Waals surface area contributed by atoms with E-state index in [2.05, 4.69) is 28.2 Å². The van der Waals surface area contributed by atoms with E-state index in [4.69, 9.17) is 0 Å². The van der Waals surface area contributed by atoms with Crippen LogP contribution in [0.3, 0.4) is 0 Å². The summed E-state index contributed by atoms with van der Waals surface area (Å²) in [6.07, 6.45) is 7.04. The first-order valence-electron chi connectivity index (χ1n) is 6.17. The Hall–Kier alpha value is 0.300. The molecule has 0 spiro atoms. The lowest BCUT2D eigenvalue weighted by Crippen LogP contribution is -2.40. The monoisotopic (exact) mass is 307 g/mol. The minimum Gasteiger partial charge on any atom is -0.355 e. The number of hydrogen-bond acceptors (Lipinski definition) is 2. The van der Waals surface area contributed by atoms with Crippen molar-refractivity contribution in [1.29, 1.82) is 0 Å². The van der Waals surface area contributed by atoms with Gasteiger partial charge in [-0.3, -0.25) is 4.79 Å². The third kappa shape index (κ3) is 4.66. The Morgan fingerprint density at radius 1 is 1.38 bits per heavy atom. The highest BCUT2D eigenvalue weighted by Crippen LogP contribution is 2.37. The summed E-state index contributed by atoms with van der Waals surface area (Å²) >= 11 is 5.23. The summed E-state index contributed by atoms with van der Waals surface area (Å²) in [5.41, 5.74) is 0.